The van der Waals surface area contributed by atoms with Crippen LogP contribution in [0.15, 0.2) is 0 Å². The van der Waals surface area contributed by atoms with Crippen LogP contribution in [-0.4, -0.2) is 15.9 Å². The molecule has 0 heterocycles. The van der Waals surface area contributed by atoms with E-state index in [0.29, 0.717) is 0 Å². The smallest absolute Gasteiger partial charge is 0.306 e. The summed E-state index contributed by atoms with van der Waals surface area (Å²) >= 11 is 0. The lowest BCUT2D eigenvalue weighted by atomic mass is 10.3. The molecule has 0 spiro atoms. The Morgan fingerprint density at radius 2 is 2.00 bits per heavy atom. The molecule has 0 saturated heterocycles. The molecule has 0 N–H and O–H groups in total. The standard InChI is InChI=1S/C4H8F3OSi/c1-3(9-8)2-4(5,6)7/h3H,2,9H2,1H3. The molecule has 1 nitrogen and oxygen atoms in total. The zero-order valence-electron chi connectivity index (χ0n) is 5.03. The maximum atomic E-state index is 11.4. The van der Waals surface area contributed by atoms with Crippen LogP contribution in [0.2, 0.25) is 5.54 Å². The normalized spacial score (nSPS) is 17.0. The molecule has 9 heavy (non-hydrogen) atoms. The summed E-state index contributed by atoms with van der Waals surface area (Å²) in [6, 6.07) is 0. The van der Waals surface area contributed by atoms with Crippen LogP contribution in [-0.2, 0) is 4.80 Å². The number of rotatable bonds is 2. The van der Waals surface area contributed by atoms with E-state index >= 15 is 0 Å². The highest BCUT2D eigenvalue weighted by Crippen LogP contribution is 2.26. The Morgan fingerprint density at radius 3 is 2.11 bits per heavy atom. The van der Waals surface area contributed by atoms with Gasteiger partial charge in [-0.15, -0.1) is 0 Å². The molecule has 1 radical (unpaired) electrons. The third-order valence-electron chi connectivity index (χ3n) is 0.864. The van der Waals surface area contributed by atoms with Crippen LogP contribution < -0.4 is 0 Å². The largest absolute Gasteiger partial charge is 0.389 e. The van der Waals surface area contributed by atoms with Gasteiger partial charge in [0.2, 0.25) is 9.76 Å². The van der Waals surface area contributed by atoms with E-state index in [1.807, 2.05) is 0 Å². The van der Waals surface area contributed by atoms with E-state index in [2.05, 4.69) is 0 Å². The van der Waals surface area contributed by atoms with Crippen LogP contribution in [0, 0.1) is 0 Å². The van der Waals surface area contributed by atoms with Gasteiger partial charge < -0.3 is 4.80 Å². The molecule has 55 valence electrons. The monoisotopic (exact) mass is 157 g/mol. The van der Waals surface area contributed by atoms with Crippen molar-refractivity contribution in [1.29, 1.82) is 0 Å². The van der Waals surface area contributed by atoms with Gasteiger partial charge in [-0.25, -0.2) is 0 Å². The Morgan fingerprint density at radius 1 is 1.56 bits per heavy atom. The first-order valence-corrected chi connectivity index (χ1v) is 4.00. The lowest BCUT2D eigenvalue weighted by Gasteiger charge is -2.08. The molecule has 0 bridgehead atoms. The summed E-state index contributed by atoms with van der Waals surface area (Å²) in [6.07, 6.45) is -5.04. The van der Waals surface area contributed by atoms with Crippen LogP contribution in [0.25, 0.3) is 0 Å². The molecule has 0 aromatic heterocycles. The van der Waals surface area contributed by atoms with Crippen LogP contribution in [0.5, 0.6) is 0 Å². The molecule has 0 aromatic carbocycles. The average Bonchev–Trinajstić information content (AvgIpc) is 1.62. The van der Waals surface area contributed by atoms with Gasteiger partial charge in [0, 0.05) is 6.42 Å². The first-order valence-electron chi connectivity index (χ1n) is 2.60. The summed E-state index contributed by atoms with van der Waals surface area (Å²) in [7, 11) is -1.71. The van der Waals surface area contributed by atoms with Crippen LogP contribution in [0.4, 0.5) is 13.2 Å². The molecule has 0 rings (SSSR count). The maximum Gasteiger partial charge on any atom is 0.389 e. The Balaban J connectivity index is 3.47. The second-order valence-corrected chi connectivity index (χ2v) is 3.82. The van der Waals surface area contributed by atoms with Gasteiger partial charge in [0.15, 0.2) is 0 Å². The molecule has 0 saturated carbocycles. The second kappa shape index (κ2) is 3.22. The van der Waals surface area contributed by atoms with Gasteiger partial charge in [-0.1, -0.05) is 6.92 Å². The Bertz CT molecular complexity index is 82.4. The molecular weight excluding hydrogens is 149 g/mol. The van der Waals surface area contributed by atoms with Crippen molar-refractivity contribution in [3.05, 3.63) is 0 Å². The first-order chi connectivity index (χ1) is 3.95. The molecule has 0 fully saturated rings. The molecule has 0 aliphatic heterocycles. The van der Waals surface area contributed by atoms with Gasteiger partial charge in [-0.2, -0.15) is 13.2 Å². The van der Waals surface area contributed by atoms with E-state index in [9.17, 15) is 18.0 Å². The summed E-state index contributed by atoms with van der Waals surface area (Å²) < 4.78 is 34.1. The predicted octanol–water partition coefficient (Wildman–Crippen LogP) is 1.26. The van der Waals surface area contributed by atoms with Crippen molar-refractivity contribution in [2.75, 3.05) is 0 Å². The molecule has 0 aliphatic carbocycles. The van der Waals surface area contributed by atoms with Crippen molar-refractivity contribution in [1.82, 2.24) is 0 Å². The first kappa shape index (κ1) is 8.97. The molecule has 5 heteroatoms. The van der Waals surface area contributed by atoms with E-state index < -0.39 is 27.9 Å². The summed E-state index contributed by atoms with van der Waals surface area (Å²) in [6.45, 7) is 1.35. The lowest BCUT2D eigenvalue weighted by molar-refractivity contribution is -0.134. The molecular formula is C4H8F3OSi. The van der Waals surface area contributed by atoms with E-state index in [1.165, 1.54) is 6.92 Å². The fourth-order valence-electron chi connectivity index (χ4n) is 0.454. The van der Waals surface area contributed by atoms with E-state index in [-0.39, 0.29) is 0 Å². The molecule has 0 aliphatic rings. The maximum absolute atomic E-state index is 11.4. The highest BCUT2D eigenvalue weighted by Gasteiger charge is 2.29. The number of hydrogen-bond donors (Lipinski definition) is 0. The van der Waals surface area contributed by atoms with Gasteiger partial charge in [0.1, 0.15) is 0 Å². The minimum Gasteiger partial charge on any atom is -0.306 e. The minimum absolute atomic E-state index is 0.648. The van der Waals surface area contributed by atoms with Crippen LogP contribution in [0.3, 0.4) is 0 Å². The average molecular weight is 157 g/mol. The second-order valence-electron chi connectivity index (χ2n) is 2.09. The van der Waals surface area contributed by atoms with Crippen molar-refractivity contribution in [3.8, 4) is 0 Å². The van der Waals surface area contributed by atoms with Crippen molar-refractivity contribution in [2.24, 2.45) is 0 Å². The Hall–Kier alpha value is -0.0331. The lowest BCUT2D eigenvalue weighted by Crippen LogP contribution is -2.12. The van der Waals surface area contributed by atoms with Gasteiger partial charge in [-0.05, 0) is 5.54 Å². The minimum atomic E-state index is -4.14. The van der Waals surface area contributed by atoms with Gasteiger partial charge in [-0.3, -0.25) is 0 Å². The molecule has 1 unspecified atom stereocenters. The highest BCUT2D eigenvalue weighted by atomic mass is 28.2. The van der Waals surface area contributed by atoms with Gasteiger partial charge in [0.05, 0.1) is 0 Å². The van der Waals surface area contributed by atoms with Crippen molar-refractivity contribution < 1.29 is 18.0 Å². The molecule has 0 amide bonds. The van der Waals surface area contributed by atoms with Crippen LogP contribution >= 0.6 is 0 Å². The highest BCUT2D eigenvalue weighted by molar-refractivity contribution is 6.27. The van der Waals surface area contributed by atoms with Crippen molar-refractivity contribution in [3.63, 3.8) is 0 Å². The fraction of sp³-hybridized carbons (Fsp3) is 1.00. The summed E-state index contributed by atoms with van der Waals surface area (Å²) in [5.41, 5.74) is -0.648. The predicted molar refractivity (Wildman–Crippen MR) is 29.3 cm³/mol. The number of hydrogen-bond acceptors (Lipinski definition) is 0. The SMILES string of the molecule is CC(CC(F)(F)F)[SiH2][O]. The van der Waals surface area contributed by atoms with Crippen molar-refractivity contribution in [2.45, 2.75) is 25.1 Å². The fourth-order valence-corrected chi connectivity index (χ4v) is 0.899. The zero-order valence-corrected chi connectivity index (χ0v) is 6.45. The van der Waals surface area contributed by atoms with Gasteiger partial charge in [0.25, 0.3) is 0 Å². The summed E-state index contributed by atoms with van der Waals surface area (Å²) in [5, 5.41) is 0. The Kier molecular flexibility index (Phi) is 3.20. The third kappa shape index (κ3) is 5.84. The number of alkyl halides is 3. The van der Waals surface area contributed by atoms with E-state index in [1.54, 1.807) is 0 Å². The quantitative estimate of drug-likeness (QED) is 0.538. The molecule has 0 aromatic rings. The van der Waals surface area contributed by atoms with E-state index in [0.717, 1.165) is 0 Å². The van der Waals surface area contributed by atoms with E-state index in [4.69, 9.17) is 0 Å². The Labute approximate surface area is 53.8 Å². The number of halogens is 3. The van der Waals surface area contributed by atoms with Crippen LogP contribution in [0.1, 0.15) is 13.3 Å². The summed E-state index contributed by atoms with van der Waals surface area (Å²) in [5.74, 6) is 0. The zero-order chi connectivity index (χ0) is 7.49. The third-order valence-corrected chi connectivity index (χ3v) is 1.72. The van der Waals surface area contributed by atoms with Crippen molar-refractivity contribution >= 4 is 9.76 Å². The topological polar surface area (TPSA) is 19.9 Å². The molecule has 1 atom stereocenters. The summed E-state index contributed by atoms with van der Waals surface area (Å²) in [4.78, 5) is 9.95. The van der Waals surface area contributed by atoms with Gasteiger partial charge >= 0.3 is 6.18 Å².